The van der Waals surface area contributed by atoms with E-state index >= 15 is 0 Å². The van der Waals surface area contributed by atoms with Gasteiger partial charge in [-0.05, 0) is 19.1 Å². The van der Waals surface area contributed by atoms with Crippen LogP contribution in [0.25, 0.3) is 5.69 Å². The number of aromatic nitrogens is 2. The van der Waals surface area contributed by atoms with E-state index in [0.717, 1.165) is 17.1 Å². The van der Waals surface area contributed by atoms with Crippen LogP contribution in [-0.2, 0) is 0 Å². The maximum Gasteiger partial charge on any atom is 0.238 e. The molecule has 1 atom stereocenters. The van der Waals surface area contributed by atoms with E-state index in [9.17, 15) is 5.11 Å². The van der Waals surface area contributed by atoms with Crippen molar-refractivity contribution in [3.05, 3.63) is 35.9 Å². The third kappa shape index (κ3) is 2.92. The Morgan fingerprint density at radius 1 is 1.35 bits per heavy atom. The Bertz CT molecular complexity index is 554. The average Bonchev–Trinajstić information content (AvgIpc) is 2.81. The molecule has 6 nitrogen and oxygen atoms in total. The number of hydrogen-bond donors (Lipinski definition) is 3. The summed E-state index contributed by atoms with van der Waals surface area (Å²) in [5, 5.41) is 25.6. The standard InChI is InChI=1S/C14H19N3O3/c1-10-13(15-2)17(11-6-4-3-5-7-11)16-14(10)20-9-12(19)8-18/h3-7,12,15,18-19H,8-9H2,1-2H3/t12-/m1/s1. The Hall–Kier alpha value is -2.05. The highest BCUT2D eigenvalue weighted by molar-refractivity contribution is 5.54. The lowest BCUT2D eigenvalue weighted by Crippen LogP contribution is -2.21. The molecule has 2 rings (SSSR count). The first-order chi connectivity index (χ1) is 9.67. The number of nitrogens with zero attached hydrogens (tertiary/aromatic N) is 2. The fourth-order valence-corrected chi connectivity index (χ4v) is 1.89. The number of aliphatic hydroxyl groups is 2. The summed E-state index contributed by atoms with van der Waals surface area (Å²) >= 11 is 0. The van der Waals surface area contributed by atoms with Crippen LogP contribution in [0, 0.1) is 6.92 Å². The minimum absolute atomic E-state index is 0.00625. The fourth-order valence-electron chi connectivity index (χ4n) is 1.89. The van der Waals surface area contributed by atoms with Gasteiger partial charge in [-0.15, -0.1) is 5.10 Å². The second-order valence-corrected chi connectivity index (χ2v) is 4.42. The molecule has 2 aromatic rings. The van der Waals surface area contributed by atoms with Crippen LogP contribution in [0.15, 0.2) is 30.3 Å². The van der Waals surface area contributed by atoms with Gasteiger partial charge in [0.05, 0.1) is 17.9 Å². The molecule has 0 aliphatic heterocycles. The molecule has 0 fully saturated rings. The van der Waals surface area contributed by atoms with Gasteiger partial charge in [-0.2, -0.15) is 0 Å². The second kappa shape index (κ2) is 6.40. The maximum atomic E-state index is 9.34. The molecule has 1 aromatic heterocycles. The number of hydrogen-bond acceptors (Lipinski definition) is 5. The molecule has 0 aliphatic rings. The fraction of sp³-hybridized carbons (Fsp3) is 0.357. The highest BCUT2D eigenvalue weighted by atomic mass is 16.5. The molecule has 0 radical (unpaired) electrons. The van der Waals surface area contributed by atoms with E-state index in [1.165, 1.54) is 0 Å². The van der Waals surface area contributed by atoms with Gasteiger partial charge >= 0.3 is 0 Å². The molecular weight excluding hydrogens is 258 g/mol. The minimum atomic E-state index is -0.908. The highest BCUT2D eigenvalue weighted by Gasteiger charge is 2.16. The number of benzene rings is 1. The molecule has 6 heteroatoms. The van der Waals surface area contributed by atoms with Gasteiger partial charge < -0.3 is 20.3 Å². The Balaban J connectivity index is 2.30. The Kier molecular flexibility index (Phi) is 4.60. The summed E-state index contributed by atoms with van der Waals surface area (Å²) in [5.74, 6) is 1.26. The van der Waals surface area contributed by atoms with Crippen LogP contribution in [0.5, 0.6) is 5.88 Å². The topological polar surface area (TPSA) is 79.5 Å². The van der Waals surface area contributed by atoms with Crippen molar-refractivity contribution in [1.29, 1.82) is 0 Å². The molecule has 20 heavy (non-hydrogen) atoms. The first kappa shape index (κ1) is 14.4. The predicted molar refractivity (Wildman–Crippen MR) is 76.4 cm³/mol. The summed E-state index contributed by atoms with van der Waals surface area (Å²) in [4.78, 5) is 0. The maximum absolute atomic E-state index is 9.34. The van der Waals surface area contributed by atoms with E-state index in [4.69, 9.17) is 9.84 Å². The van der Waals surface area contributed by atoms with Crippen molar-refractivity contribution >= 4 is 5.82 Å². The van der Waals surface area contributed by atoms with Crippen LogP contribution in [0.2, 0.25) is 0 Å². The van der Waals surface area contributed by atoms with Gasteiger partial charge in [0.25, 0.3) is 0 Å². The first-order valence-corrected chi connectivity index (χ1v) is 6.42. The van der Waals surface area contributed by atoms with E-state index < -0.39 is 6.10 Å². The smallest absolute Gasteiger partial charge is 0.238 e. The number of anilines is 1. The molecule has 0 amide bonds. The third-order valence-corrected chi connectivity index (χ3v) is 2.94. The summed E-state index contributed by atoms with van der Waals surface area (Å²) in [7, 11) is 1.82. The zero-order chi connectivity index (χ0) is 14.5. The van der Waals surface area contributed by atoms with Crippen LogP contribution >= 0.6 is 0 Å². The number of para-hydroxylation sites is 1. The molecule has 1 heterocycles. The molecule has 0 saturated heterocycles. The van der Waals surface area contributed by atoms with Crippen molar-refractivity contribution in [2.45, 2.75) is 13.0 Å². The van der Waals surface area contributed by atoms with Crippen LogP contribution in [0.4, 0.5) is 5.82 Å². The van der Waals surface area contributed by atoms with Gasteiger partial charge in [0.2, 0.25) is 5.88 Å². The lowest BCUT2D eigenvalue weighted by Gasteiger charge is -2.07. The Morgan fingerprint density at radius 2 is 2.05 bits per heavy atom. The lowest BCUT2D eigenvalue weighted by atomic mass is 10.3. The van der Waals surface area contributed by atoms with Crippen LogP contribution in [-0.4, -0.2) is 46.4 Å². The summed E-state index contributed by atoms with van der Waals surface area (Å²) in [6, 6.07) is 9.69. The molecule has 1 aromatic carbocycles. The van der Waals surface area contributed by atoms with E-state index in [2.05, 4.69) is 10.4 Å². The second-order valence-electron chi connectivity index (χ2n) is 4.42. The molecule has 0 bridgehead atoms. The summed E-state index contributed by atoms with van der Waals surface area (Å²) in [6.07, 6.45) is -0.908. The number of ether oxygens (including phenoxy) is 1. The number of rotatable bonds is 6. The normalized spacial score (nSPS) is 12.2. The quantitative estimate of drug-likeness (QED) is 0.733. The van der Waals surface area contributed by atoms with Gasteiger partial charge in [0.15, 0.2) is 0 Å². The van der Waals surface area contributed by atoms with Crippen LogP contribution < -0.4 is 10.1 Å². The number of nitrogens with one attached hydrogen (secondary N) is 1. The van der Waals surface area contributed by atoms with Gasteiger partial charge in [-0.3, -0.25) is 0 Å². The van der Waals surface area contributed by atoms with E-state index in [1.54, 1.807) is 4.68 Å². The van der Waals surface area contributed by atoms with Crippen LogP contribution in [0.1, 0.15) is 5.56 Å². The van der Waals surface area contributed by atoms with E-state index in [-0.39, 0.29) is 13.2 Å². The first-order valence-electron chi connectivity index (χ1n) is 6.42. The summed E-state index contributed by atoms with van der Waals surface area (Å²) in [5.41, 5.74) is 1.76. The molecular formula is C14H19N3O3. The molecule has 0 saturated carbocycles. The van der Waals surface area contributed by atoms with Gasteiger partial charge in [-0.25, -0.2) is 4.68 Å². The molecule has 0 spiro atoms. The Morgan fingerprint density at radius 3 is 2.65 bits per heavy atom. The molecule has 0 unspecified atom stereocenters. The Labute approximate surface area is 117 Å². The zero-order valence-corrected chi connectivity index (χ0v) is 11.6. The van der Waals surface area contributed by atoms with Crippen molar-refractivity contribution in [2.24, 2.45) is 0 Å². The predicted octanol–water partition coefficient (Wildman–Crippen LogP) is 0.954. The summed E-state index contributed by atoms with van der Waals surface area (Å²) in [6.45, 7) is 1.56. The van der Waals surface area contributed by atoms with Crippen LogP contribution in [0.3, 0.4) is 0 Å². The minimum Gasteiger partial charge on any atom is -0.474 e. The monoisotopic (exact) mass is 277 g/mol. The molecule has 3 N–H and O–H groups in total. The van der Waals surface area contributed by atoms with Crippen molar-refractivity contribution in [2.75, 3.05) is 25.6 Å². The molecule has 108 valence electrons. The largest absolute Gasteiger partial charge is 0.474 e. The highest BCUT2D eigenvalue weighted by Crippen LogP contribution is 2.27. The SMILES string of the molecule is CNc1c(C)c(OC[C@H](O)CO)nn1-c1ccccc1. The third-order valence-electron chi connectivity index (χ3n) is 2.94. The van der Waals surface area contributed by atoms with Crippen molar-refractivity contribution in [1.82, 2.24) is 9.78 Å². The van der Waals surface area contributed by atoms with Gasteiger partial charge in [0, 0.05) is 7.05 Å². The zero-order valence-electron chi connectivity index (χ0n) is 11.6. The van der Waals surface area contributed by atoms with Crippen molar-refractivity contribution in [3.63, 3.8) is 0 Å². The van der Waals surface area contributed by atoms with Crippen molar-refractivity contribution < 1.29 is 14.9 Å². The average molecular weight is 277 g/mol. The van der Waals surface area contributed by atoms with Gasteiger partial charge in [0.1, 0.15) is 18.5 Å². The lowest BCUT2D eigenvalue weighted by molar-refractivity contribution is 0.0518. The summed E-state index contributed by atoms with van der Waals surface area (Å²) < 4.78 is 7.20. The molecule has 0 aliphatic carbocycles. The van der Waals surface area contributed by atoms with E-state index in [0.29, 0.717) is 5.88 Å². The van der Waals surface area contributed by atoms with Gasteiger partial charge in [-0.1, -0.05) is 18.2 Å². The van der Waals surface area contributed by atoms with Crippen molar-refractivity contribution in [3.8, 4) is 11.6 Å². The number of aliphatic hydroxyl groups excluding tert-OH is 2. The van der Waals surface area contributed by atoms with E-state index in [1.807, 2.05) is 44.3 Å².